The number of hydrogen-bond donors (Lipinski definition) is 1. The number of ether oxygens (including phenoxy) is 1. The Morgan fingerprint density at radius 3 is 2.53 bits per heavy atom. The molecule has 0 bridgehead atoms. The van der Waals surface area contributed by atoms with Gasteiger partial charge in [-0.2, -0.15) is 0 Å². The van der Waals surface area contributed by atoms with E-state index in [9.17, 15) is 9.36 Å². The van der Waals surface area contributed by atoms with Crippen molar-refractivity contribution in [2.24, 2.45) is 0 Å². The summed E-state index contributed by atoms with van der Waals surface area (Å²) in [6, 6.07) is -0.484. The minimum atomic E-state index is -3.02. The van der Waals surface area contributed by atoms with E-state index >= 15 is 0 Å². The maximum Gasteiger partial charge on any atom is 0.327 e. The molecule has 102 valence electrons. The first-order valence-corrected chi connectivity index (χ1v) is 8.87. The zero-order valence-electron chi connectivity index (χ0n) is 10.8. The van der Waals surface area contributed by atoms with Gasteiger partial charge in [0.1, 0.15) is 6.29 Å². The fourth-order valence-electron chi connectivity index (χ4n) is 1.10. The molecule has 0 aromatic carbocycles. The van der Waals surface area contributed by atoms with Crippen LogP contribution in [0.3, 0.4) is 0 Å². The summed E-state index contributed by atoms with van der Waals surface area (Å²) in [6.07, 6.45) is 1.42. The summed E-state index contributed by atoms with van der Waals surface area (Å²) >= 11 is 1.19. The molecule has 0 spiro atoms. The maximum absolute atomic E-state index is 12.3. The monoisotopic (exact) mass is 283 g/mol. The molecule has 0 amide bonds. The molecule has 3 unspecified atom stereocenters. The highest BCUT2D eigenvalue weighted by Crippen LogP contribution is 2.56. The molecule has 5 nitrogen and oxygen atoms in total. The van der Waals surface area contributed by atoms with Crippen molar-refractivity contribution in [1.82, 2.24) is 5.09 Å². The lowest BCUT2D eigenvalue weighted by Crippen LogP contribution is -2.26. The molecular formula is C10H22NO4PS. The Morgan fingerprint density at radius 2 is 2.12 bits per heavy atom. The van der Waals surface area contributed by atoms with Crippen LogP contribution in [0.4, 0.5) is 0 Å². The average molecular weight is 283 g/mol. The van der Waals surface area contributed by atoms with Gasteiger partial charge in [0, 0.05) is 12.9 Å². The molecule has 0 saturated heterocycles. The molecular weight excluding hydrogens is 261 g/mol. The van der Waals surface area contributed by atoms with Crippen LogP contribution in [0.1, 0.15) is 27.2 Å². The summed E-state index contributed by atoms with van der Waals surface area (Å²) in [5.41, 5.74) is 0. The van der Waals surface area contributed by atoms with Gasteiger partial charge in [0.05, 0.1) is 18.8 Å². The summed E-state index contributed by atoms with van der Waals surface area (Å²) in [6.45, 7) is 2.75. The first-order chi connectivity index (χ1) is 8.01. The van der Waals surface area contributed by atoms with E-state index in [1.165, 1.54) is 11.4 Å². The van der Waals surface area contributed by atoms with Crippen LogP contribution < -0.4 is 5.09 Å². The zero-order valence-corrected chi connectivity index (χ0v) is 12.6. The van der Waals surface area contributed by atoms with Gasteiger partial charge >= 0.3 is 6.72 Å². The quantitative estimate of drug-likeness (QED) is 0.491. The molecule has 0 aliphatic heterocycles. The second-order valence-corrected chi connectivity index (χ2v) is 8.09. The van der Waals surface area contributed by atoms with Gasteiger partial charge in [-0.05, 0) is 13.3 Å². The van der Waals surface area contributed by atoms with Crippen LogP contribution in [0, 0.1) is 0 Å². The molecule has 0 radical (unpaired) electrons. The zero-order chi connectivity index (χ0) is 13.3. The van der Waals surface area contributed by atoms with Gasteiger partial charge in [0.2, 0.25) is 0 Å². The molecule has 0 rings (SSSR count). The van der Waals surface area contributed by atoms with Crippen molar-refractivity contribution in [3.05, 3.63) is 0 Å². The Morgan fingerprint density at radius 1 is 1.47 bits per heavy atom. The van der Waals surface area contributed by atoms with E-state index in [1.54, 1.807) is 14.0 Å². The van der Waals surface area contributed by atoms with Gasteiger partial charge in [0.15, 0.2) is 0 Å². The summed E-state index contributed by atoms with van der Waals surface area (Å²) in [7, 11) is 1.59. The molecule has 0 aliphatic carbocycles. The SMILES string of the molecule is CCSP(=O)(NC(C)C=O)OCC(CC)OC. The van der Waals surface area contributed by atoms with E-state index in [4.69, 9.17) is 9.26 Å². The van der Waals surface area contributed by atoms with Gasteiger partial charge in [-0.25, -0.2) is 5.09 Å². The van der Waals surface area contributed by atoms with Gasteiger partial charge < -0.3 is 14.1 Å². The molecule has 0 aliphatic rings. The van der Waals surface area contributed by atoms with Crippen LogP contribution in [0.2, 0.25) is 0 Å². The maximum atomic E-state index is 12.3. The second-order valence-electron chi connectivity index (χ2n) is 3.53. The summed E-state index contributed by atoms with van der Waals surface area (Å²) < 4.78 is 22.9. The predicted octanol–water partition coefficient (Wildman–Crippen LogP) is 2.47. The van der Waals surface area contributed by atoms with Crippen LogP contribution >= 0.6 is 18.1 Å². The molecule has 3 atom stereocenters. The molecule has 7 heteroatoms. The topological polar surface area (TPSA) is 64.6 Å². The van der Waals surface area contributed by atoms with E-state index in [2.05, 4.69) is 5.09 Å². The molecule has 1 N–H and O–H groups in total. The number of aldehydes is 1. The first-order valence-electron chi connectivity index (χ1n) is 5.66. The Balaban J connectivity index is 4.39. The Bertz CT molecular complexity index is 261. The van der Waals surface area contributed by atoms with Gasteiger partial charge in [0.25, 0.3) is 0 Å². The van der Waals surface area contributed by atoms with Gasteiger partial charge in [-0.15, -0.1) is 0 Å². The van der Waals surface area contributed by atoms with Crippen molar-refractivity contribution in [3.8, 4) is 0 Å². The molecule has 0 aromatic rings. The minimum absolute atomic E-state index is 0.0749. The smallest absolute Gasteiger partial charge is 0.327 e. The molecule has 0 saturated carbocycles. The number of methoxy groups -OCH3 is 1. The van der Waals surface area contributed by atoms with Crippen LogP contribution in [0.25, 0.3) is 0 Å². The lowest BCUT2D eigenvalue weighted by molar-refractivity contribution is -0.108. The van der Waals surface area contributed by atoms with E-state index in [0.29, 0.717) is 12.0 Å². The van der Waals surface area contributed by atoms with Crippen molar-refractivity contribution in [2.45, 2.75) is 39.3 Å². The highest BCUT2D eigenvalue weighted by Gasteiger charge is 2.26. The number of hydrogen-bond acceptors (Lipinski definition) is 5. The standard InChI is InChI=1S/C10H22NO4PS/c1-5-10(14-4)8-15-16(13,17-6-2)11-9(3)7-12/h7,9-10H,5-6,8H2,1-4H3,(H,11,13). The first kappa shape index (κ1) is 17.1. The highest BCUT2D eigenvalue weighted by atomic mass is 32.7. The lowest BCUT2D eigenvalue weighted by Gasteiger charge is -2.22. The number of carbonyl (C=O) groups excluding carboxylic acids is 1. The fourth-order valence-corrected chi connectivity index (χ4v) is 4.73. The number of nitrogens with one attached hydrogen (secondary N) is 1. The van der Waals surface area contributed by atoms with Crippen LogP contribution in [-0.2, 0) is 18.6 Å². The minimum Gasteiger partial charge on any atom is -0.379 e. The Labute approximate surface area is 107 Å². The second kappa shape index (κ2) is 9.11. The fraction of sp³-hybridized carbons (Fsp3) is 0.900. The lowest BCUT2D eigenvalue weighted by atomic mass is 10.3. The van der Waals surface area contributed by atoms with Crippen LogP contribution in [0.5, 0.6) is 0 Å². The normalized spacial score (nSPS) is 18.4. The van der Waals surface area contributed by atoms with Crippen molar-refractivity contribution in [3.63, 3.8) is 0 Å². The van der Waals surface area contributed by atoms with Crippen molar-refractivity contribution < 1.29 is 18.6 Å². The average Bonchev–Trinajstić information content (AvgIpc) is 2.30. The Kier molecular flexibility index (Phi) is 9.18. The Hall–Kier alpha value is 0.130. The van der Waals surface area contributed by atoms with Crippen molar-refractivity contribution in [2.75, 3.05) is 19.5 Å². The third-order valence-electron chi connectivity index (χ3n) is 2.08. The van der Waals surface area contributed by atoms with Gasteiger partial charge in [-0.1, -0.05) is 25.2 Å². The van der Waals surface area contributed by atoms with Crippen LogP contribution in [0.15, 0.2) is 0 Å². The summed E-state index contributed by atoms with van der Waals surface area (Å²) in [5.74, 6) is 0.652. The third kappa shape index (κ3) is 7.21. The molecule has 0 fully saturated rings. The summed E-state index contributed by atoms with van der Waals surface area (Å²) in [5, 5.41) is 2.72. The number of rotatable bonds is 10. The van der Waals surface area contributed by atoms with E-state index in [0.717, 1.165) is 6.42 Å². The van der Waals surface area contributed by atoms with Crippen molar-refractivity contribution in [1.29, 1.82) is 0 Å². The van der Waals surface area contributed by atoms with Crippen molar-refractivity contribution >= 4 is 24.4 Å². The van der Waals surface area contributed by atoms with E-state index < -0.39 is 12.8 Å². The van der Waals surface area contributed by atoms with E-state index in [-0.39, 0.29) is 12.7 Å². The third-order valence-corrected chi connectivity index (χ3v) is 6.32. The van der Waals surface area contributed by atoms with E-state index in [1.807, 2.05) is 13.8 Å². The molecule has 0 aromatic heterocycles. The van der Waals surface area contributed by atoms with Gasteiger partial charge in [-0.3, -0.25) is 4.57 Å². The largest absolute Gasteiger partial charge is 0.379 e. The molecule has 0 heterocycles. The highest BCUT2D eigenvalue weighted by molar-refractivity contribution is 8.56. The number of carbonyl (C=O) groups is 1. The van der Waals surface area contributed by atoms with Crippen LogP contribution in [-0.4, -0.2) is 37.9 Å². The summed E-state index contributed by atoms with van der Waals surface area (Å²) in [4.78, 5) is 10.6. The predicted molar refractivity (Wildman–Crippen MR) is 71.4 cm³/mol. The molecule has 17 heavy (non-hydrogen) atoms.